The van der Waals surface area contributed by atoms with E-state index in [2.05, 4.69) is 5.32 Å². The lowest BCUT2D eigenvalue weighted by molar-refractivity contribution is -0.00818. The zero-order valence-electron chi connectivity index (χ0n) is 10.8. The lowest BCUT2D eigenvalue weighted by atomic mass is 10.1. The van der Waals surface area contributed by atoms with Crippen LogP contribution in [-0.2, 0) is 4.74 Å². The van der Waals surface area contributed by atoms with Crippen LogP contribution < -0.4 is 5.32 Å². The summed E-state index contributed by atoms with van der Waals surface area (Å²) in [6.07, 6.45) is 0. The first-order valence-electron chi connectivity index (χ1n) is 5.76. The van der Waals surface area contributed by atoms with Gasteiger partial charge in [-0.25, -0.2) is 4.39 Å². The number of hydrogen-bond donors (Lipinski definition) is 2. The standard InChI is InChI=1S/C13H18FNO3/c1-4-18-13(2,3)8-15-12(17)10-6-5-9(16)7-11(10)14/h5-7,16H,4,8H2,1-3H3,(H,15,17). The molecule has 0 spiro atoms. The molecule has 0 saturated carbocycles. The number of halogens is 1. The van der Waals surface area contributed by atoms with Crippen LogP contribution in [0, 0.1) is 5.82 Å². The molecule has 0 aliphatic heterocycles. The van der Waals surface area contributed by atoms with Gasteiger partial charge < -0.3 is 15.2 Å². The highest BCUT2D eigenvalue weighted by atomic mass is 19.1. The summed E-state index contributed by atoms with van der Waals surface area (Å²) in [4.78, 5) is 11.7. The molecule has 0 unspecified atom stereocenters. The topological polar surface area (TPSA) is 58.6 Å². The van der Waals surface area contributed by atoms with E-state index in [1.807, 2.05) is 20.8 Å². The van der Waals surface area contributed by atoms with Crippen LogP contribution >= 0.6 is 0 Å². The fourth-order valence-electron chi connectivity index (χ4n) is 1.52. The van der Waals surface area contributed by atoms with Gasteiger partial charge in [0.2, 0.25) is 0 Å². The summed E-state index contributed by atoms with van der Waals surface area (Å²) in [5.74, 6) is -1.49. The fraction of sp³-hybridized carbons (Fsp3) is 0.462. The van der Waals surface area contributed by atoms with Gasteiger partial charge in [0, 0.05) is 19.2 Å². The van der Waals surface area contributed by atoms with Crippen LogP contribution in [0.2, 0.25) is 0 Å². The van der Waals surface area contributed by atoms with E-state index in [-0.39, 0.29) is 17.9 Å². The first-order valence-corrected chi connectivity index (χ1v) is 5.76. The van der Waals surface area contributed by atoms with Crippen LogP contribution in [0.25, 0.3) is 0 Å². The average Bonchev–Trinajstić information content (AvgIpc) is 2.26. The third-order valence-electron chi connectivity index (χ3n) is 2.41. The van der Waals surface area contributed by atoms with Gasteiger partial charge in [0.1, 0.15) is 11.6 Å². The predicted octanol–water partition coefficient (Wildman–Crippen LogP) is 2.08. The Kier molecular flexibility index (Phi) is 4.67. The van der Waals surface area contributed by atoms with Crippen LogP contribution in [0.15, 0.2) is 18.2 Å². The quantitative estimate of drug-likeness (QED) is 0.846. The molecule has 0 aliphatic carbocycles. The molecule has 0 saturated heterocycles. The summed E-state index contributed by atoms with van der Waals surface area (Å²) in [7, 11) is 0. The molecule has 0 atom stereocenters. The van der Waals surface area contributed by atoms with Crippen molar-refractivity contribution >= 4 is 5.91 Å². The maximum absolute atomic E-state index is 13.4. The molecule has 1 rings (SSSR count). The van der Waals surface area contributed by atoms with E-state index in [4.69, 9.17) is 9.84 Å². The van der Waals surface area contributed by atoms with Gasteiger partial charge in [-0.05, 0) is 32.9 Å². The first-order chi connectivity index (χ1) is 8.35. The van der Waals surface area contributed by atoms with Crippen molar-refractivity contribution in [1.82, 2.24) is 5.32 Å². The van der Waals surface area contributed by atoms with Crippen molar-refractivity contribution in [1.29, 1.82) is 0 Å². The largest absolute Gasteiger partial charge is 0.508 e. The van der Waals surface area contributed by atoms with Crippen molar-refractivity contribution in [2.24, 2.45) is 0 Å². The van der Waals surface area contributed by atoms with Gasteiger partial charge in [-0.1, -0.05) is 0 Å². The number of carbonyl (C=O) groups excluding carboxylic acids is 1. The highest BCUT2D eigenvalue weighted by molar-refractivity contribution is 5.94. The number of ether oxygens (including phenoxy) is 1. The van der Waals surface area contributed by atoms with Crippen molar-refractivity contribution in [3.8, 4) is 5.75 Å². The summed E-state index contributed by atoms with van der Waals surface area (Å²) >= 11 is 0. The molecule has 0 radical (unpaired) electrons. The summed E-state index contributed by atoms with van der Waals surface area (Å²) < 4.78 is 18.8. The van der Waals surface area contributed by atoms with Crippen LogP contribution in [-0.4, -0.2) is 29.8 Å². The number of phenolic OH excluding ortho intramolecular Hbond substituents is 1. The smallest absolute Gasteiger partial charge is 0.254 e. The molecule has 1 amide bonds. The average molecular weight is 255 g/mol. The Morgan fingerprint density at radius 2 is 2.17 bits per heavy atom. The number of benzene rings is 1. The lowest BCUT2D eigenvalue weighted by Crippen LogP contribution is -2.40. The maximum atomic E-state index is 13.4. The van der Waals surface area contributed by atoms with Crippen LogP contribution in [0.5, 0.6) is 5.75 Å². The summed E-state index contributed by atoms with van der Waals surface area (Å²) in [6, 6.07) is 3.42. The third kappa shape index (κ3) is 4.00. The van der Waals surface area contributed by atoms with Gasteiger partial charge >= 0.3 is 0 Å². The second-order valence-electron chi connectivity index (χ2n) is 4.54. The molecular weight excluding hydrogens is 237 g/mol. The Hall–Kier alpha value is -1.62. The number of hydrogen-bond acceptors (Lipinski definition) is 3. The van der Waals surface area contributed by atoms with Crippen LogP contribution in [0.1, 0.15) is 31.1 Å². The molecule has 18 heavy (non-hydrogen) atoms. The van der Waals surface area contributed by atoms with Crippen molar-refractivity contribution in [2.75, 3.05) is 13.2 Å². The van der Waals surface area contributed by atoms with E-state index in [1.54, 1.807) is 0 Å². The van der Waals surface area contributed by atoms with Gasteiger partial charge in [0.25, 0.3) is 5.91 Å². The van der Waals surface area contributed by atoms with E-state index >= 15 is 0 Å². The van der Waals surface area contributed by atoms with Crippen molar-refractivity contribution in [2.45, 2.75) is 26.4 Å². The highest BCUT2D eigenvalue weighted by Crippen LogP contribution is 2.15. The Balaban J connectivity index is 2.66. The number of amides is 1. The number of aromatic hydroxyl groups is 1. The van der Waals surface area contributed by atoms with Crippen LogP contribution in [0.4, 0.5) is 4.39 Å². The Labute approximate surface area is 106 Å². The monoisotopic (exact) mass is 255 g/mol. The molecule has 0 aliphatic rings. The molecular formula is C13H18FNO3. The minimum atomic E-state index is -0.748. The van der Waals surface area contributed by atoms with E-state index < -0.39 is 17.3 Å². The minimum Gasteiger partial charge on any atom is -0.508 e. The van der Waals surface area contributed by atoms with E-state index in [0.717, 1.165) is 6.07 Å². The molecule has 0 heterocycles. The molecule has 4 nitrogen and oxygen atoms in total. The molecule has 0 aromatic heterocycles. The highest BCUT2D eigenvalue weighted by Gasteiger charge is 2.20. The molecule has 0 fully saturated rings. The molecule has 100 valence electrons. The third-order valence-corrected chi connectivity index (χ3v) is 2.41. The Bertz CT molecular complexity index is 432. The molecule has 2 N–H and O–H groups in total. The van der Waals surface area contributed by atoms with Crippen molar-refractivity contribution in [3.63, 3.8) is 0 Å². The zero-order valence-corrected chi connectivity index (χ0v) is 10.8. The number of phenols is 1. The summed E-state index contributed by atoms with van der Waals surface area (Å²) in [5.41, 5.74) is -0.599. The normalized spacial score (nSPS) is 11.3. The summed E-state index contributed by atoms with van der Waals surface area (Å²) in [6.45, 7) is 6.35. The van der Waals surface area contributed by atoms with Gasteiger partial charge in [-0.2, -0.15) is 0 Å². The van der Waals surface area contributed by atoms with Crippen LogP contribution in [0.3, 0.4) is 0 Å². The zero-order chi connectivity index (χ0) is 13.8. The molecule has 5 heteroatoms. The maximum Gasteiger partial charge on any atom is 0.254 e. The SMILES string of the molecule is CCOC(C)(C)CNC(=O)c1ccc(O)cc1F. The minimum absolute atomic E-state index is 0.0971. The fourth-order valence-corrected chi connectivity index (χ4v) is 1.52. The number of nitrogens with one attached hydrogen (secondary N) is 1. The molecule has 1 aromatic carbocycles. The Morgan fingerprint density at radius 3 is 2.72 bits per heavy atom. The van der Waals surface area contributed by atoms with Gasteiger partial charge in [-0.15, -0.1) is 0 Å². The molecule has 1 aromatic rings. The molecule has 0 bridgehead atoms. The summed E-state index contributed by atoms with van der Waals surface area (Å²) in [5, 5.41) is 11.7. The Morgan fingerprint density at radius 1 is 1.50 bits per heavy atom. The second-order valence-corrected chi connectivity index (χ2v) is 4.54. The van der Waals surface area contributed by atoms with E-state index in [0.29, 0.717) is 6.61 Å². The van der Waals surface area contributed by atoms with Gasteiger partial charge in [-0.3, -0.25) is 4.79 Å². The van der Waals surface area contributed by atoms with Gasteiger partial charge in [0.15, 0.2) is 0 Å². The van der Waals surface area contributed by atoms with E-state index in [9.17, 15) is 9.18 Å². The van der Waals surface area contributed by atoms with Crippen molar-refractivity contribution in [3.05, 3.63) is 29.6 Å². The number of carbonyl (C=O) groups is 1. The lowest BCUT2D eigenvalue weighted by Gasteiger charge is -2.24. The predicted molar refractivity (Wildman–Crippen MR) is 66.1 cm³/mol. The van der Waals surface area contributed by atoms with Crippen molar-refractivity contribution < 1.29 is 19.0 Å². The van der Waals surface area contributed by atoms with Gasteiger partial charge in [0.05, 0.1) is 11.2 Å². The van der Waals surface area contributed by atoms with E-state index in [1.165, 1.54) is 12.1 Å². The number of rotatable bonds is 5. The first kappa shape index (κ1) is 14.4. The second kappa shape index (κ2) is 5.82.